The van der Waals surface area contributed by atoms with Crippen molar-refractivity contribution < 1.29 is 4.74 Å². The SMILES string of the molecule is c1ccc(COc2ccc(Nc3ccn(-c4ccccc4)n3)cc2)cc1. The normalized spacial score (nSPS) is 10.5. The average molecular weight is 341 g/mol. The topological polar surface area (TPSA) is 39.1 Å². The van der Waals surface area contributed by atoms with Gasteiger partial charge in [-0.25, -0.2) is 4.68 Å². The van der Waals surface area contributed by atoms with Crippen LogP contribution in [0.15, 0.2) is 97.2 Å². The fourth-order valence-corrected chi connectivity index (χ4v) is 2.64. The highest BCUT2D eigenvalue weighted by Gasteiger charge is 2.02. The second-order valence-corrected chi connectivity index (χ2v) is 5.90. The summed E-state index contributed by atoms with van der Waals surface area (Å²) in [5.41, 5.74) is 3.15. The average Bonchev–Trinajstić information content (AvgIpc) is 3.17. The molecule has 0 fully saturated rings. The van der Waals surface area contributed by atoms with E-state index >= 15 is 0 Å². The van der Waals surface area contributed by atoms with Gasteiger partial charge in [-0.1, -0.05) is 48.5 Å². The summed E-state index contributed by atoms with van der Waals surface area (Å²) >= 11 is 0. The summed E-state index contributed by atoms with van der Waals surface area (Å²) in [6.07, 6.45) is 1.94. The van der Waals surface area contributed by atoms with E-state index in [1.165, 1.54) is 0 Å². The molecule has 0 saturated heterocycles. The van der Waals surface area contributed by atoms with E-state index in [-0.39, 0.29) is 0 Å². The third kappa shape index (κ3) is 3.92. The minimum absolute atomic E-state index is 0.565. The number of hydrogen-bond acceptors (Lipinski definition) is 3. The van der Waals surface area contributed by atoms with Crippen molar-refractivity contribution in [3.8, 4) is 11.4 Å². The maximum atomic E-state index is 5.81. The summed E-state index contributed by atoms with van der Waals surface area (Å²) in [6.45, 7) is 0.565. The first-order valence-corrected chi connectivity index (χ1v) is 8.52. The van der Waals surface area contributed by atoms with Crippen LogP contribution in [-0.2, 0) is 6.61 Å². The molecule has 0 amide bonds. The lowest BCUT2D eigenvalue weighted by Crippen LogP contribution is -1.97. The van der Waals surface area contributed by atoms with Gasteiger partial charge < -0.3 is 10.1 Å². The standard InChI is InChI=1S/C22H19N3O/c1-3-7-18(8-4-1)17-26-21-13-11-19(12-14-21)23-22-15-16-25(24-22)20-9-5-2-6-10-20/h1-16H,17H2,(H,23,24). The van der Waals surface area contributed by atoms with Crippen LogP contribution in [0.25, 0.3) is 5.69 Å². The van der Waals surface area contributed by atoms with Gasteiger partial charge in [-0.15, -0.1) is 0 Å². The second kappa shape index (κ2) is 7.57. The Bertz CT molecular complexity index is 948. The van der Waals surface area contributed by atoms with E-state index in [0.717, 1.165) is 28.5 Å². The van der Waals surface area contributed by atoms with Gasteiger partial charge in [0.05, 0.1) is 5.69 Å². The van der Waals surface area contributed by atoms with Crippen molar-refractivity contribution in [1.29, 1.82) is 0 Å². The highest BCUT2D eigenvalue weighted by molar-refractivity contribution is 5.57. The Morgan fingerprint density at radius 3 is 2.19 bits per heavy atom. The van der Waals surface area contributed by atoms with E-state index in [2.05, 4.69) is 22.5 Å². The van der Waals surface area contributed by atoms with E-state index < -0.39 is 0 Å². The fourth-order valence-electron chi connectivity index (χ4n) is 2.64. The van der Waals surface area contributed by atoms with Gasteiger partial charge in [0.15, 0.2) is 5.82 Å². The monoisotopic (exact) mass is 341 g/mol. The summed E-state index contributed by atoms with van der Waals surface area (Å²) in [7, 11) is 0. The van der Waals surface area contributed by atoms with Crippen molar-refractivity contribution in [2.24, 2.45) is 0 Å². The van der Waals surface area contributed by atoms with Crippen molar-refractivity contribution >= 4 is 11.5 Å². The van der Waals surface area contributed by atoms with Gasteiger partial charge in [0.25, 0.3) is 0 Å². The predicted octanol–water partition coefficient (Wildman–Crippen LogP) is 5.19. The number of nitrogens with one attached hydrogen (secondary N) is 1. The zero-order valence-electron chi connectivity index (χ0n) is 14.2. The van der Waals surface area contributed by atoms with Crippen LogP contribution in [-0.4, -0.2) is 9.78 Å². The molecule has 0 atom stereocenters. The molecule has 0 aliphatic heterocycles. The number of hydrogen-bond donors (Lipinski definition) is 1. The number of rotatable bonds is 6. The van der Waals surface area contributed by atoms with Crippen molar-refractivity contribution in [2.75, 3.05) is 5.32 Å². The molecule has 0 bridgehead atoms. The molecule has 26 heavy (non-hydrogen) atoms. The van der Waals surface area contributed by atoms with Gasteiger partial charge in [-0.05, 0) is 42.0 Å². The Morgan fingerprint density at radius 2 is 1.46 bits per heavy atom. The summed E-state index contributed by atoms with van der Waals surface area (Å²) in [4.78, 5) is 0. The molecule has 3 aromatic carbocycles. The zero-order valence-corrected chi connectivity index (χ0v) is 14.2. The number of aromatic nitrogens is 2. The molecule has 0 spiro atoms. The molecule has 0 aliphatic rings. The molecule has 0 unspecified atom stereocenters. The third-order valence-electron chi connectivity index (χ3n) is 3.98. The van der Waals surface area contributed by atoms with Crippen molar-refractivity contribution in [2.45, 2.75) is 6.61 Å². The Kier molecular flexibility index (Phi) is 4.65. The molecule has 4 rings (SSSR count). The van der Waals surface area contributed by atoms with Gasteiger partial charge in [0, 0.05) is 18.0 Å². The number of anilines is 2. The van der Waals surface area contributed by atoms with Crippen LogP contribution in [0.1, 0.15) is 5.56 Å². The van der Waals surface area contributed by atoms with Gasteiger partial charge in [0.1, 0.15) is 12.4 Å². The lowest BCUT2D eigenvalue weighted by atomic mass is 10.2. The minimum Gasteiger partial charge on any atom is -0.489 e. The summed E-state index contributed by atoms with van der Waals surface area (Å²) in [6, 6.07) is 30.0. The van der Waals surface area contributed by atoms with Crippen LogP contribution >= 0.6 is 0 Å². The Hall–Kier alpha value is -3.53. The van der Waals surface area contributed by atoms with Crippen molar-refractivity contribution in [1.82, 2.24) is 9.78 Å². The Balaban J connectivity index is 1.38. The first kappa shape index (κ1) is 16.0. The molecule has 0 radical (unpaired) electrons. The molecule has 1 N–H and O–H groups in total. The molecule has 4 heteroatoms. The Labute approximate surface area is 152 Å². The molecule has 4 aromatic rings. The maximum Gasteiger partial charge on any atom is 0.152 e. The molecule has 0 saturated carbocycles. The highest BCUT2D eigenvalue weighted by Crippen LogP contribution is 2.20. The highest BCUT2D eigenvalue weighted by atomic mass is 16.5. The molecule has 1 aromatic heterocycles. The smallest absolute Gasteiger partial charge is 0.152 e. The maximum absolute atomic E-state index is 5.81. The molecule has 1 heterocycles. The Morgan fingerprint density at radius 1 is 0.769 bits per heavy atom. The van der Waals surface area contributed by atoms with E-state index in [9.17, 15) is 0 Å². The number of benzene rings is 3. The van der Waals surface area contributed by atoms with Crippen molar-refractivity contribution in [3.63, 3.8) is 0 Å². The van der Waals surface area contributed by atoms with Gasteiger partial charge in [-0.2, -0.15) is 5.10 Å². The van der Waals surface area contributed by atoms with E-state index in [0.29, 0.717) is 6.61 Å². The van der Waals surface area contributed by atoms with Crippen molar-refractivity contribution in [3.05, 3.63) is 103 Å². The predicted molar refractivity (Wildman–Crippen MR) is 104 cm³/mol. The van der Waals surface area contributed by atoms with Crippen LogP contribution in [0.4, 0.5) is 11.5 Å². The van der Waals surface area contributed by atoms with Gasteiger partial charge >= 0.3 is 0 Å². The lowest BCUT2D eigenvalue weighted by Gasteiger charge is -2.08. The van der Waals surface area contributed by atoms with Crippen LogP contribution in [0, 0.1) is 0 Å². The number of ether oxygens (including phenoxy) is 1. The minimum atomic E-state index is 0.565. The summed E-state index contributed by atoms with van der Waals surface area (Å²) in [5, 5.41) is 7.86. The molecule has 4 nitrogen and oxygen atoms in total. The van der Waals surface area contributed by atoms with E-state index in [1.54, 1.807) is 0 Å². The summed E-state index contributed by atoms with van der Waals surface area (Å²) < 4.78 is 7.66. The molecule has 128 valence electrons. The van der Waals surface area contributed by atoms with E-state index in [4.69, 9.17) is 4.74 Å². The van der Waals surface area contributed by atoms with Gasteiger partial charge in [-0.3, -0.25) is 0 Å². The van der Waals surface area contributed by atoms with Crippen LogP contribution < -0.4 is 10.1 Å². The first-order chi connectivity index (χ1) is 12.9. The molecular formula is C22H19N3O. The quantitative estimate of drug-likeness (QED) is 0.524. The number of para-hydroxylation sites is 1. The zero-order chi connectivity index (χ0) is 17.6. The van der Waals surface area contributed by atoms with Crippen LogP contribution in [0.2, 0.25) is 0 Å². The molecule has 0 aliphatic carbocycles. The number of nitrogens with zero attached hydrogens (tertiary/aromatic N) is 2. The van der Waals surface area contributed by atoms with Gasteiger partial charge in [0.2, 0.25) is 0 Å². The summed E-state index contributed by atoms with van der Waals surface area (Å²) in [5.74, 6) is 1.64. The lowest BCUT2D eigenvalue weighted by molar-refractivity contribution is 0.306. The van der Waals surface area contributed by atoms with E-state index in [1.807, 2.05) is 89.7 Å². The van der Waals surface area contributed by atoms with Crippen LogP contribution in [0.5, 0.6) is 5.75 Å². The largest absolute Gasteiger partial charge is 0.489 e. The second-order valence-electron chi connectivity index (χ2n) is 5.90. The van der Waals surface area contributed by atoms with Crippen LogP contribution in [0.3, 0.4) is 0 Å². The first-order valence-electron chi connectivity index (χ1n) is 8.52. The fraction of sp³-hybridized carbons (Fsp3) is 0.0455. The third-order valence-corrected chi connectivity index (χ3v) is 3.98. The molecular weight excluding hydrogens is 322 g/mol.